The molecule has 0 radical (unpaired) electrons. The van der Waals surface area contributed by atoms with E-state index in [1.165, 1.54) is 26.2 Å². The molecule has 0 aromatic heterocycles. The highest BCUT2D eigenvalue weighted by molar-refractivity contribution is 5.66. The van der Waals surface area contributed by atoms with E-state index < -0.39 is 74.0 Å². The van der Waals surface area contributed by atoms with Crippen LogP contribution < -0.4 is 0 Å². The van der Waals surface area contributed by atoms with Crippen LogP contribution in [0.25, 0.3) is 0 Å². The van der Waals surface area contributed by atoms with Crippen LogP contribution in [0, 0.1) is 0 Å². The van der Waals surface area contributed by atoms with Gasteiger partial charge in [0.2, 0.25) is 0 Å². The van der Waals surface area contributed by atoms with Gasteiger partial charge in [-0.1, -0.05) is 191 Å². The van der Waals surface area contributed by atoms with E-state index in [4.69, 9.17) is 47.4 Å². The number of carbonyl (C=O) groups excluding carboxylic acids is 1. The van der Waals surface area contributed by atoms with Gasteiger partial charge in [-0.25, -0.2) is 0 Å². The summed E-state index contributed by atoms with van der Waals surface area (Å²) >= 11 is 0. The predicted octanol–water partition coefficient (Wildman–Crippen LogP) is 9.68. The van der Waals surface area contributed by atoms with Crippen molar-refractivity contribution in [2.24, 2.45) is 0 Å². The van der Waals surface area contributed by atoms with Crippen molar-refractivity contribution >= 4 is 5.97 Å². The van der Waals surface area contributed by atoms with Gasteiger partial charge in [-0.3, -0.25) is 4.79 Å². The fraction of sp³-hybridized carbons (Fsp3) is 0.456. The Bertz CT molecular complexity index is 2130. The molecule has 2 aliphatic rings. The number of hydrogen-bond donors (Lipinski definition) is 1. The maximum atomic E-state index is 13.0. The maximum Gasteiger partial charge on any atom is 0.303 e. The lowest BCUT2D eigenvalue weighted by Gasteiger charge is -2.47. The first-order chi connectivity index (χ1) is 34.0. The molecule has 0 aliphatic carbocycles. The van der Waals surface area contributed by atoms with Gasteiger partial charge < -0.3 is 52.5 Å². The Morgan fingerprint density at radius 2 is 0.797 bits per heavy atom. The first kappa shape index (κ1) is 52.0. The minimum absolute atomic E-state index is 0.117. The summed E-state index contributed by atoms with van der Waals surface area (Å²) in [7, 11) is 0. The van der Waals surface area contributed by atoms with Gasteiger partial charge in [-0.15, -0.1) is 0 Å². The zero-order valence-electron chi connectivity index (χ0n) is 40.0. The minimum atomic E-state index is -1.22. The zero-order chi connectivity index (χ0) is 47.9. The van der Waals surface area contributed by atoms with Crippen molar-refractivity contribution in [2.45, 2.75) is 147 Å². The van der Waals surface area contributed by atoms with Gasteiger partial charge in [0, 0.05) is 13.5 Å². The number of aliphatic hydroxyl groups excluding tert-OH is 1. The summed E-state index contributed by atoms with van der Waals surface area (Å²) in [4.78, 5) is 13.0. The van der Waals surface area contributed by atoms with E-state index in [1.807, 2.05) is 152 Å². The highest BCUT2D eigenvalue weighted by atomic mass is 16.8. The molecule has 7 rings (SSSR count). The van der Waals surface area contributed by atoms with Crippen LogP contribution in [-0.4, -0.2) is 92.3 Å². The quantitative estimate of drug-likeness (QED) is 0.0379. The van der Waals surface area contributed by atoms with Gasteiger partial charge in [0.05, 0.1) is 46.2 Å². The van der Waals surface area contributed by atoms with Gasteiger partial charge in [-0.2, -0.15) is 0 Å². The van der Waals surface area contributed by atoms with E-state index in [0.29, 0.717) is 6.61 Å². The van der Waals surface area contributed by atoms with Crippen molar-refractivity contribution in [3.05, 3.63) is 179 Å². The number of aliphatic hydroxyl groups is 1. The van der Waals surface area contributed by atoms with E-state index in [9.17, 15) is 9.90 Å². The Morgan fingerprint density at radius 3 is 1.23 bits per heavy atom. The van der Waals surface area contributed by atoms with Gasteiger partial charge in [-0.05, 0) is 34.2 Å². The van der Waals surface area contributed by atoms with Crippen LogP contribution in [0.4, 0.5) is 0 Å². The topological polar surface area (TPSA) is 130 Å². The van der Waals surface area contributed by atoms with Crippen LogP contribution >= 0.6 is 0 Å². The summed E-state index contributed by atoms with van der Waals surface area (Å²) < 4.78 is 66.8. The molecule has 0 spiro atoms. The zero-order valence-corrected chi connectivity index (χ0v) is 40.0. The fourth-order valence-electron chi connectivity index (χ4n) is 8.69. The second-order valence-electron chi connectivity index (χ2n) is 17.6. The average molecular weight is 947 g/mol. The molecule has 0 unspecified atom stereocenters. The van der Waals surface area contributed by atoms with E-state index in [0.717, 1.165) is 47.1 Å². The molecule has 1 N–H and O–H groups in total. The summed E-state index contributed by atoms with van der Waals surface area (Å²) in [6, 6.07) is 49.3. The van der Waals surface area contributed by atoms with E-state index >= 15 is 0 Å². The number of esters is 1. The highest BCUT2D eigenvalue weighted by Crippen LogP contribution is 2.35. The SMILES string of the molecule is CCCCCCCCO[C@@H]1O[C@H](CO[C@H]2O[C@H](CO)[C@@H](OCc3ccccc3)[C@H](OCc3ccccc3)[C@@H]2OC(C)=O)[C@@H](OCc2ccccc2)[C@H](OCc2ccccc2)[C@H]1OCc1ccccc1. The molecule has 2 heterocycles. The minimum Gasteiger partial charge on any atom is -0.454 e. The smallest absolute Gasteiger partial charge is 0.303 e. The molecule has 0 amide bonds. The van der Waals surface area contributed by atoms with Gasteiger partial charge in [0.15, 0.2) is 18.7 Å². The molecule has 69 heavy (non-hydrogen) atoms. The predicted molar refractivity (Wildman–Crippen MR) is 260 cm³/mol. The molecular formula is C57H70O12. The monoisotopic (exact) mass is 946 g/mol. The number of rotatable bonds is 28. The van der Waals surface area contributed by atoms with Crippen molar-refractivity contribution in [3.63, 3.8) is 0 Å². The molecule has 0 bridgehead atoms. The lowest BCUT2D eigenvalue weighted by atomic mass is 9.97. The standard InChI is InChI=1S/C57H70O12/c1-3-4-5-6-7-23-34-60-56-54(65-40-47-32-21-12-22-33-47)52(63-38-45-28-17-10-18-29-45)51(62-37-44-26-15-9-16-27-44)49(69-56)41-66-57-55(67-42(2)59)53(64-39-46-30-19-11-20-31-46)50(48(35-58)68-57)61-36-43-24-13-8-14-25-43/h8-22,24-33,48-58H,3-7,23,34-41H2,1-2H3/t48-,49-,50-,51-,52+,53+,54-,55+,56-,57+/m1/s1. The number of benzene rings is 5. The van der Waals surface area contributed by atoms with Crippen LogP contribution in [0.5, 0.6) is 0 Å². The summed E-state index contributed by atoms with van der Waals surface area (Å²) in [5.41, 5.74) is 4.74. The molecule has 12 heteroatoms. The molecule has 2 aliphatic heterocycles. The third kappa shape index (κ3) is 16.4. The number of hydrogen-bond acceptors (Lipinski definition) is 12. The molecule has 2 fully saturated rings. The average Bonchev–Trinajstić information content (AvgIpc) is 3.39. The maximum absolute atomic E-state index is 13.0. The Balaban J connectivity index is 1.20. The summed E-state index contributed by atoms with van der Waals surface area (Å²) in [5, 5.41) is 10.9. The molecule has 370 valence electrons. The summed E-state index contributed by atoms with van der Waals surface area (Å²) in [6.07, 6.45) is -2.37. The summed E-state index contributed by atoms with van der Waals surface area (Å²) in [5.74, 6) is -0.566. The number of carbonyl (C=O) groups is 1. The van der Waals surface area contributed by atoms with Crippen LogP contribution in [0.1, 0.15) is 80.2 Å². The number of unbranched alkanes of at least 4 members (excludes halogenated alkanes) is 5. The molecular weight excluding hydrogens is 877 g/mol. The lowest BCUT2D eigenvalue weighted by molar-refractivity contribution is -0.349. The van der Waals surface area contributed by atoms with Crippen LogP contribution in [-0.2, 0) is 85.2 Å². The Kier molecular flexibility index (Phi) is 21.7. The van der Waals surface area contributed by atoms with Crippen LogP contribution in [0.2, 0.25) is 0 Å². The third-order valence-electron chi connectivity index (χ3n) is 12.3. The molecule has 0 saturated carbocycles. The third-order valence-corrected chi connectivity index (χ3v) is 12.3. The lowest BCUT2D eigenvalue weighted by Crippen LogP contribution is -2.64. The molecule has 10 atom stereocenters. The molecule has 5 aromatic rings. The molecule has 2 saturated heterocycles. The second-order valence-corrected chi connectivity index (χ2v) is 17.6. The van der Waals surface area contributed by atoms with Gasteiger partial charge in [0.1, 0.15) is 42.7 Å². The molecule has 5 aromatic carbocycles. The molecule has 12 nitrogen and oxygen atoms in total. The first-order valence-electron chi connectivity index (χ1n) is 24.6. The Labute approximate surface area is 408 Å². The van der Waals surface area contributed by atoms with Crippen LogP contribution in [0.15, 0.2) is 152 Å². The second kappa shape index (κ2) is 28.7. The van der Waals surface area contributed by atoms with E-state index in [-0.39, 0.29) is 39.6 Å². The van der Waals surface area contributed by atoms with Crippen molar-refractivity contribution in [3.8, 4) is 0 Å². The van der Waals surface area contributed by atoms with E-state index in [2.05, 4.69) is 6.92 Å². The highest BCUT2D eigenvalue weighted by Gasteiger charge is 2.53. The summed E-state index contributed by atoms with van der Waals surface area (Å²) in [6.45, 7) is 4.60. The van der Waals surface area contributed by atoms with Crippen molar-refractivity contribution in [2.75, 3.05) is 19.8 Å². The van der Waals surface area contributed by atoms with Gasteiger partial charge >= 0.3 is 5.97 Å². The van der Waals surface area contributed by atoms with Crippen molar-refractivity contribution < 1.29 is 57.3 Å². The Hall–Kier alpha value is -4.83. The normalized spacial score (nSPS) is 24.7. The van der Waals surface area contributed by atoms with E-state index in [1.54, 1.807) is 0 Å². The van der Waals surface area contributed by atoms with Gasteiger partial charge in [0.25, 0.3) is 0 Å². The Morgan fingerprint density at radius 1 is 0.435 bits per heavy atom. The first-order valence-corrected chi connectivity index (χ1v) is 24.6. The largest absolute Gasteiger partial charge is 0.454 e. The van der Waals surface area contributed by atoms with Crippen molar-refractivity contribution in [1.29, 1.82) is 0 Å². The van der Waals surface area contributed by atoms with Crippen LogP contribution in [0.3, 0.4) is 0 Å². The fourth-order valence-corrected chi connectivity index (χ4v) is 8.69. The number of ether oxygens (including phenoxy) is 10. The van der Waals surface area contributed by atoms with Crippen molar-refractivity contribution in [1.82, 2.24) is 0 Å².